The lowest BCUT2D eigenvalue weighted by molar-refractivity contribution is 0.0665. The molecule has 0 N–H and O–H groups in total. The maximum atomic E-state index is 14.6. The molecule has 0 bridgehead atoms. The van der Waals surface area contributed by atoms with E-state index >= 15 is 0 Å². The van der Waals surface area contributed by atoms with E-state index in [2.05, 4.69) is 0 Å². The van der Waals surface area contributed by atoms with Crippen LogP contribution >= 0.6 is 0 Å². The molecule has 1 saturated heterocycles. The molecule has 7 rings (SSSR count). The zero-order valence-corrected chi connectivity index (χ0v) is 21.3. The van der Waals surface area contributed by atoms with Crippen LogP contribution in [0.3, 0.4) is 0 Å². The molecule has 0 aromatic heterocycles. The van der Waals surface area contributed by atoms with Crippen molar-refractivity contribution in [2.45, 2.75) is 18.0 Å². The van der Waals surface area contributed by atoms with Crippen LogP contribution in [0.1, 0.15) is 48.1 Å². The van der Waals surface area contributed by atoms with Crippen LogP contribution in [0.2, 0.25) is 0 Å². The van der Waals surface area contributed by atoms with Gasteiger partial charge in [0.15, 0.2) is 17.3 Å². The number of para-hydroxylation sites is 1. The summed E-state index contributed by atoms with van der Waals surface area (Å²) in [4.78, 5) is 45.8. The van der Waals surface area contributed by atoms with Gasteiger partial charge in [0.2, 0.25) is 0 Å². The molecule has 0 amide bonds. The third kappa shape index (κ3) is 3.10. The first kappa shape index (κ1) is 23.4. The van der Waals surface area contributed by atoms with Gasteiger partial charge < -0.3 is 9.64 Å². The number of hydrogen-bond donors (Lipinski definition) is 0. The van der Waals surface area contributed by atoms with Crippen molar-refractivity contribution in [1.82, 2.24) is 0 Å². The maximum absolute atomic E-state index is 14.6. The van der Waals surface area contributed by atoms with Gasteiger partial charge in [-0.25, -0.2) is 0 Å². The normalized spacial score (nSPS) is 22.0. The van der Waals surface area contributed by atoms with E-state index in [1.54, 1.807) is 43.5 Å². The summed E-state index contributed by atoms with van der Waals surface area (Å²) in [5, 5.41) is 0. The van der Waals surface area contributed by atoms with Crippen LogP contribution in [0.4, 0.5) is 5.69 Å². The quantitative estimate of drug-likeness (QED) is 0.248. The number of methoxy groups -OCH3 is 1. The largest absolute Gasteiger partial charge is 0.497 e. The molecule has 5 nitrogen and oxygen atoms in total. The van der Waals surface area contributed by atoms with E-state index in [1.807, 2.05) is 83.8 Å². The lowest BCUT2D eigenvalue weighted by atomic mass is 9.64. The van der Waals surface area contributed by atoms with Crippen LogP contribution in [-0.2, 0) is 0 Å². The molecule has 1 spiro atoms. The van der Waals surface area contributed by atoms with Gasteiger partial charge in [0.25, 0.3) is 0 Å². The Morgan fingerprint density at radius 2 is 1.46 bits per heavy atom. The number of anilines is 1. The second-order valence-corrected chi connectivity index (χ2v) is 10.3. The Morgan fingerprint density at radius 3 is 2.18 bits per heavy atom. The van der Waals surface area contributed by atoms with Gasteiger partial charge in [0.05, 0.1) is 13.2 Å². The van der Waals surface area contributed by atoms with Gasteiger partial charge in [-0.15, -0.1) is 0 Å². The van der Waals surface area contributed by atoms with Crippen molar-refractivity contribution in [3.63, 3.8) is 0 Å². The molecule has 5 heteroatoms. The van der Waals surface area contributed by atoms with Crippen molar-refractivity contribution in [1.29, 1.82) is 0 Å². The molecular weight excluding hydrogens is 486 g/mol. The highest BCUT2D eigenvalue weighted by molar-refractivity contribution is 6.32. The van der Waals surface area contributed by atoms with E-state index in [1.165, 1.54) is 0 Å². The predicted molar refractivity (Wildman–Crippen MR) is 150 cm³/mol. The zero-order chi connectivity index (χ0) is 26.7. The Balaban J connectivity index is 1.56. The summed E-state index contributed by atoms with van der Waals surface area (Å²) in [6.45, 7) is 0. The van der Waals surface area contributed by atoms with E-state index in [0.717, 1.165) is 16.8 Å². The molecule has 4 aromatic carbocycles. The van der Waals surface area contributed by atoms with Crippen molar-refractivity contribution in [3.8, 4) is 5.75 Å². The van der Waals surface area contributed by atoms with Crippen LogP contribution < -0.4 is 9.64 Å². The minimum atomic E-state index is -1.52. The molecule has 3 aliphatic rings. The zero-order valence-electron chi connectivity index (χ0n) is 21.3. The molecule has 3 atom stereocenters. The smallest absolute Gasteiger partial charge is 0.185 e. The number of hydrogen-bond acceptors (Lipinski definition) is 5. The molecular formula is C34H25NO4. The van der Waals surface area contributed by atoms with Gasteiger partial charge in [0.1, 0.15) is 17.2 Å². The third-order valence-corrected chi connectivity index (χ3v) is 8.49. The standard InChI is InChI=1S/C34H25NO4/c1-39-24-14-9-13-23(20-24)29-30(31(36)22-11-3-2-4-12-22)35-27-17-8-5-10-21(27)18-19-28(35)34(29)32(37)25-15-6-7-16-26(25)33(34)38/h2-20,28-30H,1H3/t28?,29-,30+/m0/s1. The van der Waals surface area contributed by atoms with Gasteiger partial charge in [-0.2, -0.15) is 0 Å². The highest BCUT2D eigenvalue weighted by Crippen LogP contribution is 2.61. The Hall–Kier alpha value is -4.77. The fourth-order valence-corrected chi connectivity index (χ4v) is 6.90. The molecule has 1 unspecified atom stereocenters. The van der Waals surface area contributed by atoms with E-state index < -0.39 is 23.4 Å². The first-order chi connectivity index (χ1) is 19.1. The highest BCUT2D eigenvalue weighted by atomic mass is 16.5. The number of benzene rings is 4. The van der Waals surface area contributed by atoms with E-state index in [-0.39, 0.29) is 17.3 Å². The first-order valence-corrected chi connectivity index (χ1v) is 13.0. The second-order valence-electron chi connectivity index (χ2n) is 10.3. The van der Waals surface area contributed by atoms with E-state index in [0.29, 0.717) is 22.4 Å². The van der Waals surface area contributed by atoms with Crippen LogP contribution in [0, 0.1) is 5.41 Å². The molecule has 0 saturated carbocycles. The summed E-state index contributed by atoms with van der Waals surface area (Å²) in [5.41, 5.74) is 2.34. The Morgan fingerprint density at radius 1 is 0.795 bits per heavy atom. The van der Waals surface area contributed by atoms with Crippen molar-refractivity contribution in [3.05, 3.63) is 137 Å². The Labute approximate surface area is 226 Å². The fourth-order valence-electron chi connectivity index (χ4n) is 6.90. The van der Waals surface area contributed by atoms with Crippen molar-refractivity contribution < 1.29 is 19.1 Å². The molecule has 4 aromatic rings. The molecule has 190 valence electrons. The van der Waals surface area contributed by atoms with Gasteiger partial charge in [-0.3, -0.25) is 14.4 Å². The van der Waals surface area contributed by atoms with Crippen LogP contribution in [0.5, 0.6) is 5.75 Å². The molecule has 1 fully saturated rings. The first-order valence-electron chi connectivity index (χ1n) is 13.0. The average molecular weight is 512 g/mol. The topological polar surface area (TPSA) is 63.7 Å². The number of rotatable bonds is 4. The summed E-state index contributed by atoms with van der Waals surface area (Å²) in [5.74, 6) is -0.762. The molecule has 39 heavy (non-hydrogen) atoms. The van der Waals surface area contributed by atoms with Crippen molar-refractivity contribution in [2.75, 3.05) is 12.0 Å². The van der Waals surface area contributed by atoms with Crippen molar-refractivity contribution in [2.24, 2.45) is 5.41 Å². The average Bonchev–Trinajstić information content (AvgIpc) is 3.43. The maximum Gasteiger partial charge on any atom is 0.185 e. The monoisotopic (exact) mass is 511 g/mol. The summed E-state index contributed by atoms with van der Waals surface area (Å²) in [7, 11) is 1.58. The number of carbonyl (C=O) groups is 3. The van der Waals surface area contributed by atoms with E-state index in [4.69, 9.17) is 4.74 Å². The summed E-state index contributed by atoms with van der Waals surface area (Å²) in [6.07, 6.45) is 3.91. The van der Waals surface area contributed by atoms with Crippen molar-refractivity contribution >= 4 is 29.1 Å². The summed E-state index contributed by atoms with van der Waals surface area (Å²) in [6, 6.07) is 30.0. The van der Waals surface area contributed by atoms with Crippen LogP contribution in [0.25, 0.3) is 6.08 Å². The van der Waals surface area contributed by atoms with Gasteiger partial charge in [0, 0.05) is 28.3 Å². The number of ether oxygens (including phenoxy) is 1. The summed E-state index contributed by atoms with van der Waals surface area (Å²) < 4.78 is 5.55. The number of carbonyl (C=O) groups excluding carboxylic acids is 3. The van der Waals surface area contributed by atoms with Crippen LogP contribution in [-0.4, -0.2) is 36.5 Å². The third-order valence-electron chi connectivity index (χ3n) is 8.49. The van der Waals surface area contributed by atoms with Gasteiger partial charge >= 0.3 is 0 Å². The SMILES string of the molecule is COc1cccc([C@H]2[C@H](C(=O)c3ccccc3)N3c4ccccc4C=CC3C23C(=O)c2ccccc2C3=O)c1. The molecule has 0 radical (unpaired) electrons. The fraction of sp³-hybridized carbons (Fsp3) is 0.147. The Bertz CT molecular complexity index is 1650. The van der Waals surface area contributed by atoms with Gasteiger partial charge in [-0.05, 0) is 29.3 Å². The predicted octanol–water partition coefficient (Wildman–Crippen LogP) is 6.01. The summed E-state index contributed by atoms with van der Waals surface area (Å²) >= 11 is 0. The lowest BCUT2D eigenvalue weighted by Gasteiger charge is -2.37. The van der Waals surface area contributed by atoms with Gasteiger partial charge in [-0.1, -0.05) is 97.1 Å². The number of nitrogens with zero attached hydrogens (tertiary/aromatic N) is 1. The second kappa shape index (κ2) is 8.63. The number of fused-ring (bicyclic) bond motifs is 5. The highest BCUT2D eigenvalue weighted by Gasteiger charge is 2.71. The molecule has 2 aliphatic heterocycles. The molecule has 2 heterocycles. The number of Topliss-reactive ketones (excluding diaryl/α,β-unsaturated/α-hetero) is 3. The minimum Gasteiger partial charge on any atom is -0.497 e. The molecule has 1 aliphatic carbocycles. The van der Waals surface area contributed by atoms with E-state index in [9.17, 15) is 14.4 Å². The minimum absolute atomic E-state index is 0.132. The van der Waals surface area contributed by atoms with Crippen LogP contribution in [0.15, 0.2) is 109 Å². The Kier molecular flexibility index (Phi) is 5.17. The number of ketones is 3. The lowest BCUT2D eigenvalue weighted by Crippen LogP contribution is -2.48.